The molecule has 0 unspecified atom stereocenters. The molecule has 8 nitrogen and oxygen atoms in total. The Kier molecular flexibility index (Phi) is 5.58. The fourth-order valence-corrected chi connectivity index (χ4v) is 3.50. The molecule has 30 heavy (non-hydrogen) atoms. The van der Waals surface area contributed by atoms with Crippen LogP contribution in [0.1, 0.15) is 29.0 Å². The highest BCUT2D eigenvalue weighted by Crippen LogP contribution is 2.26. The van der Waals surface area contributed by atoms with Crippen LogP contribution in [0.25, 0.3) is 11.3 Å². The summed E-state index contributed by atoms with van der Waals surface area (Å²) in [5, 5.41) is 8.20. The number of carbonyl (C=O) groups is 1. The third kappa shape index (κ3) is 4.09. The fourth-order valence-electron chi connectivity index (χ4n) is 3.50. The summed E-state index contributed by atoms with van der Waals surface area (Å²) in [5.41, 5.74) is 0.603. The van der Waals surface area contributed by atoms with Crippen molar-refractivity contribution in [1.82, 2.24) is 29.7 Å². The van der Waals surface area contributed by atoms with Gasteiger partial charge in [-0.1, -0.05) is 12.1 Å². The Balaban J connectivity index is 1.46. The van der Waals surface area contributed by atoms with Crippen LogP contribution in [0.4, 0.5) is 8.78 Å². The first-order chi connectivity index (χ1) is 14.4. The Bertz CT molecular complexity index is 1060. The molecule has 158 valence electrons. The predicted molar refractivity (Wildman–Crippen MR) is 103 cm³/mol. The zero-order chi connectivity index (χ0) is 21.3. The molecule has 1 fully saturated rings. The molecule has 2 aromatic heterocycles. The lowest BCUT2D eigenvalue weighted by Gasteiger charge is -2.34. The van der Waals surface area contributed by atoms with E-state index in [0.29, 0.717) is 56.4 Å². The van der Waals surface area contributed by atoms with Crippen LogP contribution in [0.2, 0.25) is 0 Å². The van der Waals surface area contributed by atoms with Gasteiger partial charge in [-0.05, 0) is 12.1 Å². The average molecular weight is 416 g/mol. The number of amides is 1. The van der Waals surface area contributed by atoms with E-state index in [4.69, 9.17) is 4.52 Å². The molecule has 1 saturated heterocycles. The Morgan fingerprint density at radius 1 is 1.20 bits per heavy atom. The molecule has 0 aliphatic carbocycles. The fraction of sp³-hybridized carbons (Fsp3) is 0.400. The van der Waals surface area contributed by atoms with Gasteiger partial charge in [0.15, 0.2) is 5.82 Å². The zero-order valence-corrected chi connectivity index (χ0v) is 16.8. The van der Waals surface area contributed by atoms with Crippen LogP contribution in [0.5, 0.6) is 0 Å². The molecule has 3 heterocycles. The summed E-state index contributed by atoms with van der Waals surface area (Å²) in [6, 6.07) is 3.25. The number of nitrogens with zero attached hydrogens (tertiary/aromatic N) is 6. The first kappa shape index (κ1) is 20.1. The van der Waals surface area contributed by atoms with Crippen LogP contribution in [0.3, 0.4) is 0 Å². The second-order valence-corrected chi connectivity index (χ2v) is 7.22. The van der Waals surface area contributed by atoms with Gasteiger partial charge in [-0.3, -0.25) is 14.4 Å². The molecule has 1 aliphatic rings. The van der Waals surface area contributed by atoms with Gasteiger partial charge in [-0.2, -0.15) is 10.1 Å². The number of halogens is 2. The number of hydrogen-bond acceptors (Lipinski definition) is 6. The van der Waals surface area contributed by atoms with E-state index in [9.17, 15) is 13.6 Å². The molecule has 0 radical (unpaired) electrons. The van der Waals surface area contributed by atoms with Crippen molar-refractivity contribution < 1.29 is 18.1 Å². The summed E-state index contributed by atoms with van der Waals surface area (Å²) in [4.78, 5) is 21.3. The molecule has 10 heteroatoms. The maximum Gasteiger partial charge on any atom is 0.257 e. The van der Waals surface area contributed by atoms with Crippen molar-refractivity contribution in [2.75, 3.05) is 26.2 Å². The minimum atomic E-state index is -0.751. The van der Waals surface area contributed by atoms with Crippen LogP contribution in [-0.4, -0.2) is 61.8 Å². The first-order valence-electron chi connectivity index (χ1n) is 9.76. The molecule has 3 aromatic rings. The van der Waals surface area contributed by atoms with Crippen LogP contribution in [0.15, 0.2) is 28.9 Å². The number of carbonyl (C=O) groups excluding carboxylic acids is 1. The van der Waals surface area contributed by atoms with Gasteiger partial charge in [-0.25, -0.2) is 8.78 Å². The van der Waals surface area contributed by atoms with Crippen molar-refractivity contribution in [3.05, 3.63) is 53.3 Å². The molecular formula is C20H22F2N6O2. The van der Waals surface area contributed by atoms with Crippen molar-refractivity contribution in [3.8, 4) is 11.3 Å². The summed E-state index contributed by atoms with van der Waals surface area (Å²) in [6.45, 7) is 4.84. The van der Waals surface area contributed by atoms with E-state index >= 15 is 0 Å². The number of piperazine rings is 1. The van der Waals surface area contributed by atoms with Gasteiger partial charge in [0.1, 0.15) is 17.3 Å². The summed E-state index contributed by atoms with van der Waals surface area (Å²) in [7, 11) is 1.66. The van der Waals surface area contributed by atoms with E-state index in [2.05, 4.69) is 20.1 Å². The second-order valence-electron chi connectivity index (χ2n) is 7.22. The number of hydrogen-bond donors (Lipinski definition) is 0. The monoisotopic (exact) mass is 416 g/mol. The quantitative estimate of drug-likeness (QED) is 0.635. The van der Waals surface area contributed by atoms with Crippen LogP contribution >= 0.6 is 0 Å². The van der Waals surface area contributed by atoms with Gasteiger partial charge < -0.3 is 9.42 Å². The Hall–Kier alpha value is -3.14. The van der Waals surface area contributed by atoms with E-state index < -0.39 is 11.6 Å². The predicted octanol–water partition coefficient (Wildman–Crippen LogP) is 2.27. The van der Waals surface area contributed by atoms with Crippen molar-refractivity contribution in [2.24, 2.45) is 7.05 Å². The highest BCUT2D eigenvalue weighted by molar-refractivity contribution is 6.00. The average Bonchev–Trinajstić information content (AvgIpc) is 3.34. The second kappa shape index (κ2) is 8.31. The molecule has 0 atom stereocenters. The maximum absolute atomic E-state index is 14.3. The summed E-state index contributed by atoms with van der Waals surface area (Å²) in [6.07, 6.45) is 2.26. The topological polar surface area (TPSA) is 80.3 Å². The molecule has 1 amide bonds. The Morgan fingerprint density at radius 2 is 1.97 bits per heavy atom. The molecule has 1 aliphatic heterocycles. The van der Waals surface area contributed by atoms with Crippen molar-refractivity contribution in [2.45, 2.75) is 19.9 Å². The molecule has 0 bridgehead atoms. The zero-order valence-electron chi connectivity index (χ0n) is 16.8. The van der Waals surface area contributed by atoms with Gasteiger partial charge >= 0.3 is 0 Å². The first-order valence-corrected chi connectivity index (χ1v) is 9.76. The molecule has 1 aromatic carbocycles. The lowest BCUT2D eigenvalue weighted by atomic mass is 10.1. The summed E-state index contributed by atoms with van der Waals surface area (Å²) < 4.78 is 34.1. The highest BCUT2D eigenvalue weighted by Gasteiger charge is 2.27. The van der Waals surface area contributed by atoms with Gasteiger partial charge in [0.05, 0.1) is 12.1 Å². The molecule has 4 rings (SSSR count). The van der Waals surface area contributed by atoms with E-state index in [1.165, 1.54) is 10.7 Å². The van der Waals surface area contributed by atoms with E-state index in [-0.39, 0.29) is 17.2 Å². The Labute approximate surface area is 172 Å². The summed E-state index contributed by atoms with van der Waals surface area (Å²) >= 11 is 0. The van der Waals surface area contributed by atoms with Crippen molar-refractivity contribution >= 4 is 5.91 Å². The SMILES string of the molecule is CCc1nc(CN2CCN(C(=O)c3cn(C)nc3-c3ccc(F)cc3F)CC2)no1. The number of rotatable bonds is 5. The van der Waals surface area contributed by atoms with Crippen molar-refractivity contribution in [1.29, 1.82) is 0 Å². The minimum Gasteiger partial charge on any atom is -0.339 e. The summed E-state index contributed by atoms with van der Waals surface area (Å²) in [5.74, 6) is -0.416. The van der Waals surface area contributed by atoms with Crippen LogP contribution in [-0.2, 0) is 20.0 Å². The van der Waals surface area contributed by atoms with E-state index in [1.54, 1.807) is 18.1 Å². The number of aryl methyl sites for hydroxylation is 2. The van der Waals surface area contributed by atoms with E-state index in [0.717, 1.165) is 12.1 Å². The number of benzene rings is 1. The lowest BCUT2D eigenvalue weighted by Crippen LogP contribution is -2.48. The smallest absolute Gasteiger partial charge is 0.257 e. The largest absolute Gasteiger partial charge is 0.339 e. The standard InChI is InChI=1S/C20H22F2N6O2/c1-3-18-23-17(25-30-18)12-27-6-8-28(9-7-27)20(29)15-11-26(2)24-19(15)14-5-4-13(21)10-16(14)22/h4-5,10-11H,3,6-9,12H2,1-2H3. The maximum atomic E-state index is 14.3. The molecule has 0 spiro atoms. The van der Waals surface area contributed by atoms with Crippen LogP contribution in [0, 0.1) is 11.6 Å². The van der Waals surface area contributed by atoms with Gasteiger partial charge in [0, 0.05) is 57.5 Å². The highest BCUT2D eigenvalue weighted by atomic mass is 19.1. The van der Waals surface area contributed by atoms with Gasteiger partial charge in [-0.15, -0.1) is 0 Å². The van der Waals surface area contributed by atoms with Gasteiger partial charge in [0.25, 0.3) is 5.91 Å². The molecular weight excluding hydrogens is 394 g/mol. The number of aromatic nitrogens is 4. The molecule has 0 N–H and O–H groups in total. The van der Waals surface area contributed by atoms with Gasteiger partial charge in [0.2, 0.25) is 5.89 Å². The Morgan fingerprint density at radius 3 is 2.63 bits per heavy atom. The third-order valence-electron chi connectivity index (χ3n) is 5.08. The van der Waals surface area contributed by atoms with E-state index in [1.807, 2.05) is 6.92 Å². The molecule has 0 saturated carbocycles. The normalized spacial score (nSPS) is 15.0. The minimum absolute atomic E-state index is 0.0998. The lowest BCUT2D eigenvalue weighted by molar-refractivity contribution is 0.0625. The van der Waals surface area contributed by atoms with Crippen molar-refractivity contribution in [3.63, 3.8) is 0 Å². The van der Waals surface area contributed by atoms with Crippen LogP contribution < -0.4 is 0 Å². The third-order valence-corrected chi connectivity index (χ3v) is 5.08.